The Hall–Kier alpha value is -1.52. The number of hydrogen-bond donors (Lipinski definition) is 0. The molecule has 0 spiro atoms. The summed E-state index contributed by atoms with van der Waals surface area (Å²) in [5.41, 5.74) is 2.12. The van der Waals surface area contributed by atoms with E-state index >= 15 is 0 Å². The minimum Gasteiger partial charge on any atom is -0.494 e. The number of fused-ring (bicyclic) bond motifs is 1. The summed E-state index contributed by atoms with van der Waals surface area (Å²) in [6.45, 7) is 2.73. The van der Waals surface area contributed by atoms with Crippen LogP contribution in [0.3, 0.4) is 0 Å². The van der Waals surface area contributed by atoms with Gasteiger partial charge in [-0.2, -0.15) is 5.10 Å². The van der Waals surface area contributed by atoms with Crippen molar-refractivity contribution >= 4 is 11.6 Å². The zero-order valence-corrected chi connectivity index (χ0v) is 12.0. The Balaban J connectivity index is 1.53. The van der Waals surface area contributed by atoms with Crippen LogP contribution in [0, 0.1) is 0 Å². The van der Waals surface area contributed by atoms with Gasteiger partial charge in [0.1, 0.15) is 10.9 Å². The summed E-state index contributed by atoms with van der Waals surface area (Å²) in [5.74, 6) is 0.895. The smallest absolute Gasteiger partial charge is 0.132 e. The van der Waals surface area contributed by atoms with Crippen molar-refractivity contribution in [2.24, 2.45) is 0 Å². The van der Waals surface area contributed by atoms with E-state index in [9.17, 15) is 0 Å². The van der Waals surface area contributed by atoms with Gasteiger partial charge in [-0.1, -0.05) is 29.8 Å². The molecule has 1 aliphatic heterocycles. The maximum atomic E-state index is 6.32. The molecule has 0 fully saturated rings. The first-order chi connectivity index (χ1) is 9.84. The Labute approximate surface area is 123 Å². The lowest BCUT2D eigenvalue weighted by atomic mass is 10.2. The molecular formula is C15H17ClN2O2. The average Bonchev–Trinajstić information content (AvgIpc) is 2.82. The van der Waals surface area contributed by atoms with E-state index in [1.54, 1.807) is 0 Å². The summed E-state index contributed by atoms with van der Waals surface area (Å²) in [6.07, 6.45) is 1.72. The van der Waals surface area contributed by atoms with Crippen molar-refractivity contribution in [3.05, 3.63) is 46.7 Å². The van der Waals surface area contributed by atoms with Crippen molar-refractivity contribution in [1.82, 2.24) is 9.78 Å². The van der Waals surface area contributed by atoms with Crippen LogP contribution in [0.25, 0.3) is 0 Å². The Kier molecular flexibility index (Phi) is 4.23. The lowest BCUT2D eigenvalue weighted by Gasteiger charge is -2.09. The zero-order chi connectivity index (χ0) is 13.8. The molecule has 106 valence electrons. The predicted molar refractivity (Wildman–Crippen MR) is 77.2 cm³/mol. The second-order valence-electron chi connectivity index (χ2n) is 4.76. The van der Waals surface area contributed by atoms with Gasteiger partial charge in [0.2, 0.25) is 0 Å². The summed E-state index contributed by atoms with van der Waals surface area (Å²) in [7, 11) is 0. The Morgan fingerprint density at radius 3 is 2.95 bits per heavy atom. The Morgan fingerprint density at radius 2 is 2.15 bits per heavy atom. The molecule has 2 aromatic rings. The summed E-state index contributed by atoms with van der Waals surface area (Å²) in [4.78, 5) is 0. The molecule has 1 aliphatic rings. The van der Waals surface area contributed by atoms with Crippen molar-refractivity contribution in [2.45, 2.75) is 26.0 Å². The maximum absolute atomic E-state index is 6.32. The van der Waals surface area contributed by atoms with Gasteiger partial charge in [-0.05, 0) is 12.1 Å². The number of halogens is 1. The maximum Gasteiger partial charge on any atom is 0.132 e. The first-order valence-electron chi connectivity index (χ1n) is 6.84. The van der Waals surface area contributed by atoms with Crippen molar-refractivity contribution in [2.75, 3.05) is 13.2 Å². The van der Waals surface area contributed by atoms with E-state index in [-0.39, 0.29) is 0 Å². The third-order valence-electron chi connectivity index (χ3n) is 3.32. The van der Waals surface area contributed by atoms with Crippen molar-refractivity contribution in [3.63, 3.8) is 0 Å². The molecule has 0 aliphatic carbocycles. The highest BCUT2D eigenvalue weighted by Crippen LogP contribution is 2.24. The zero-order valence-electron chi connectivity index (χ0n) is 11.2. The molecule has 1 aromatic heterocycles. The first-order valence-corrected chi connectivity index (χ1v) is 7.22. The van der Waals surface area contributed by atoms with Crippen molar-refractivity contribution in [1.29, 1.82) is 0 Å². The van der Waals surface area contributed by atoms with E-state index < -0.39 is 0 Å². The van der Waals surface area contributed by atoms with E-state index in [2.05, 4.69) is 5.10 Å². The highest BCUT2D eigenvalue weighted by atomic mass is 35.5. The normalized spacial score (nSPS) is 14.1. The van der Waals surface area contributed by atoms with E-state index in [0.717, 1.165) is 43.0 Å². The summed E-state index contributed by atoms with van der Waals surface area (Å²) >= 11 is 6.32. The molecule has 0 saturated heterocycles. The summed E-state index contributed by atoms with van der Waals surface area (Å²) in [5, 5.41) is 5.25. The third-order valence-corrected chi connectivity index (χ3v) is 3.74. The Morgan fingerprint density at radius 1 is 1.30 bits per heavy atom. The van der Waals surface area contributed by atoms with Crippen LogP contribution in [0.4, 0.5) is 0 Å². The largest absolute Gasteiger partial charge is 0.494 e. The SMILES string of the molecule is Clc1c2c(nn1CCCOc1ccccc1)CCOC2. The first kappa shape index (κ1) is 13.5. The van der Waals surface area contributed by atoms with Gasteiger partial charge in [-0.25, -0.2) is 0 Å². The number of nitrogens with zero attached hydrogens (tertiary/aromatic N) is 2. The van der Waals surface area contributed by atoms with Gasteiger partial charge in [0, 0.05) is 24.9 Å². The lowest BCUT2D eigenvalue weighted by Crippen LogP contribution is -2.08. The molecule has 0 unspecified atom stereocenters. The van der Waals surface area contributed by atoms with Gasteiger partial charge < -0.3 is 9.47 Å². The van der Waals surface area contributed by atoms with Crippen LogP contribution >= 0.6 is 11.6 Å². The molecule has 0 bridgehead atoms. The highest BCUT2D eigenvalue weighted by Gasteiger charge is 2.19. The lowest BCUT2D eigenvalue weighted by molar-refractivity contribution is 0.110. The molecule has 3 rings (SSSR count). The van der Waals surface area contributed by atoms with Gasteiger partial charge in [0.15, 0.2) is 0 Å². The number of rotatable bonds is 5. The molecule has 2 heterocycles. The standard InChI is InChI=1S/C15H17ClN2O2/c16-15-13-11-19-10-7-14(13)17-18(15)8-4-9-20-12-5-2-1-3-6-12/h1-3,5-6H,4,7-11H2. The summed E-state index contributed by atoms with van der Waals surface area (Å²) in [6, 6.07) is 9.82. The van der Waals surface area contributed by atoms with E-state index in [0.29, 0.717) is 18.4 Å². The van der Waals surface area contributed by atoms with E-state index in [1.165, 1.54) is 0 Å². The van der Waals surface area contributed by atoms with Crippen molar-refractivity contribution < 1.29 is 9.47 Å². The third kappa shape index (κ3) is 2.97. The van der Waals surface area contributed by atoms with Crippen LogP contribution in [-0.2, 0) is 24.3 Å². The molecule has 4 nitrogen and oxygen atoms in total. The van der Waals surface area contributed by atoms with Crippen LogP contribution in [0.5, 0.6) is 5.75 Å². The van der Waals surface area contributed by atoms with Crippen LogP contribution in [0.2, 0.25) is 5.15 Å². The van der Waals surface area contributed by atoms with E-state index in [1.807, 2.05) is 35.0 Å². The average molecular weight is 293 g/mol. The van der Waals surface area contributed by atoms with Crippen LogP contribution in [0.1, 0.15) is 17.7 Å². The molecular weight excluding hydrogens is 276 g/mol. The number of aryl methyl sites for hydroxylation is 1. The van der Waals surface area contributed by atoms with Crippen LogP contribution < -0.4 is 4.74 Å². The highest BCUT2D eigenvalue weighted by molar-refractivity contribution is 6.30. The van der Waals surface area contributed by atoms with Crippen LogP contribution in [0.15, 0.2) is 30.3 Å². The second kappa shape index (κ2) is 6.29. The number of benzene rings is 1. The number of aromatic nitrogens is 2. The molecule has 0 radical (unpaired) electrons. The number of hydrogen-bond acceptors (Lipinski definition) is 3. The van der Waals surface area contributed by atoms with Gasteiger partial charge >= 0.3 is 0 Å². The minimum atomic E-state index is 0.578. The minimum absolute atomic E-state index is 0.578. The van der Waals surface area contributed by atoms with Gasteiger partial charge in [0.05, 0.1) is 25.5 Å². The summed E-state index contributed by atoms with van der Waals surface area (Å²) < 4.78 is 12.9. The molecule has 0 N–H and O–H groups in total. The number of para-hydroxylation sites is 1. The van der Waals surface area contributed by atoms with Crippen molar-refractivity contribution in [3.8, 4) is 5.75 Å². The topological polar surface area (TPSA) is 36.3 Å². The Bertz CT molecular complexity index is 569. The monoisotopic (exact) mass is 292 g/mol. The molecule has 20 heavy (non-hydrogen) atoms. The molecule has 0 atom stereocenters. The quantitative estimate of drug-likeness (QED) is 0.795. The van der Waals surface area contributed by atoms with Gasteiger partial charge in [-0.15, -0.1) is 0 Å². The molecule has 1 aromatic carbocycles. The second-order valence-corrected chi connectivity index (χ2v) is 5.11. The molecule has 0 amide bonds. The number of ether oxygens (including phenoxy) is 2. The fraction of sp³-hybridized carbons (Fsp3) is 0.400. The van der Waals surface area contributed by atoms with Gasteiger partial charge in [0.25, 0.3) is 0 Å². The predicted octanol–water partition coefficient (Wildman–Crippen LogP) is 3.08. The van der Waals surface area contributed by atoms with E-state index in [4.69, 9.17) is 21.1 Å². The molecule has 5 heteroatoms. The fourth-order valence-corrected chi connectivity index (χ4v) is 2.57. The van der Waals surface area contributed by atoms with Crippen LogP contribution in [-0.4, -0.2) is 23.0 Å². The van der Waals surface area contributed by atoms with Gasteiger partial charge in [-0.3, -0.25) is 4.68 Å². The fourth-order valence-electron chi connectivity index (χ4n) is 2.28. The molecule has 0 saturated carbocycles.